The van der Waals surface area contributed by atoms with Crippen LogP contribution < -0.4 is 10.5 Å². The Bertz CT molecular complexity index is 304. The first-order valence-corrected chi connectivity index (χ1v) is 4.78. The molecule has 0 saturated carbocycles. The van der Waals surface area contributed by atoms with Crippen molar-refractivity contribution in [1.82, 2.24) is 0 Å². The zero-order chi connectivity index (χ0) is 10.6. The number of hydrogen-bond donors (Lipinski definition) is 2. The highest BCUT2D eigenvalue weighted by Crippen LogP contribution is 2.29. The van der Waals surface area contributed by atoms with Gasteiger partial charge in [0.25, 0.3) is 0 Å². The minimum atomic E-state index is -0.591. The number of aliphatic hydroxyl groups is 1. The summed E-state index contributed by atoms with van der Waals surface area (Å²) in [7, 11) is 1.55. The number of hydrogen-bond acceptors (Lipinski definition) is 3. The number of aliphatic hydroxyl groups excluding tert-OH is 1. The summed E-state index contributed by atoms with van der Waals surface area (Å²) < 4.78 is 5.11. The molecule has 1 rings (SSSR count). The third kappa shape index (κ3) is 2.61. The first-order valence-electron chi connectivity index (χ1n) is 4.40. The lowest BCUT2D eigenvalue weighted by Gasteiger charge is -2.13. The maximum absolute atomic E-state index is 9.72. The van der Waals surface area contributed by atoms with E-state index < -0.39 is 6.10 Å². The average Bonchev–Trinajstić information content (AvgIpc) is 2.17. The summed E-state index contributed by atoms with van der Waals surface area (Å²) in [6.07, 6.45) is -0.0786. The fourth-order valence-electron chi connectivity index (χ4n) is 1.27. The van der Waals surface area contributed by atoms with Crippen LogP contribution in [0.15, 0.2) is 18.2 Å². The summed E-state index contributed by atoms with van der Waals surface area (Å²) >= 11 is 5.79. The molecule has 0 spiro atoms. The van der Waals surface area contributed by atoms with Gasteiger partial charge in [0, 0.05) is 10.6 Å². The first-order chi connectivity index (χ1) is 6.69. The number of ether oxygens (including phenoxy) is 1. The second kappa shape index (κ2) is 5.20. The number of benzene rings is 1. The largest absolute Gasteiger partial charge is 0.496 e. The van der Waals surface area contributed by atoms with Crippen LogP contribution in [0.3, 0.4) is 0 Å². The van der Waals surface area contributed by atoms with Crippen molar-refractivity contribution < 1.29 is 9.84 Å². The van der Waals surface area contributed by atoms with Crippen molar-refractivity contribution in [3.63, 3.8) is 0 Å². The Kier molecular flexibility index (Phi) is 4.20. The average molecular weight is 216 g/mol. The fraction of sp³-hybridized carbons (Fsp3) is 0.400. The highest BCUT2D eigenvalue weighted by atomic mass is 35.5. The van der Waals surface area contributed by atoms with Crippen LogP contribution in [0, 0.1) is 0 Å². The number of methoxy groups -OCH3 is 1. The number of rotatable bonds is 4. The molecule has 0 amide bonds. The molecule has 0 saturated heterocycles. The summed E-state index contributed by atoms with van der Waals surface area (Å²) in [5, 5.41) is 10.3. The third-order valence-electron chi connectivity index (χ3n) is 1.99. The lowest BCUT2D eigenvalue weighted by atomic mass is 10.1. The zero-order valence-electron chi connectivity index (χ0n) is 8.03. The van der Waals surface area contributed by atoms with Gasteiger partial charge in [0.1, 0.15) is 5.75 Å². The molecule has 78 valence electrons. The molecule has 0 aliphatic rings. The maximum atomic E-state index is 9.72. The van der Waals surface area contributed by atoms with Gasteiger partial charge in [-0.3, -0.25) is 0 Å². The minimum Gasteiger partial charge on any atom is -0.496 e. The third-order valence-corrected chi connectivity index (χ3v) is 2.23. The quantitative estimate of drug-likeness (QED) is 0.805. The van der Waals surface area contributed by atoms with Crippen molar-refractivity contribution >= 4 is 11.6 Å². The molecule has 0 heterocycles. The van der Waals surface area contributed by atoms with Gasteiger partial charge in [-0.15, -0.1) is 0 Å². The molecule has 0 radical (unpaired) electrons. The molecule has 0 bridgehead atoms. The molecule has 1 unspecified atom stereocenters. The van der Waals surface area contributed by atoms with Gasteiger partial charge in [-0.25, -0.2) is 0 Å². The van der Waals surface area contributed by atoms with E-state index in [9.17, 15) is 5.11 Å². The van der Waals surface area contributed by atoms with E-state index in [0.29, 0.717) is 23.7 Å². The Morgan fingerprint density at radius 3 is 2.86 bits per heavy atom. The summed E-state index contributed by atoms with van der Waals surface area (Å²) in [4.78, 5) is 0. The van der Waals surface area contributed by atoms with E-state index in [1.807, 2.05) is 0 Å². The van der Waals surface area contributed by atoms with Crippen LogP contribution >= 0.6 is 11.6 Å². The maximum Gasteiger partial charge on any atom is 0.126 e. The molecule has 0 aliphatic carbocycles. The van der Waals surface area contributed by atoms with Gasteiger partial charge >= 0.3 is 0 Å². The van der Waals surface area contributed by atoms with Gasteiger partial charge in [-0.1, -0.05) is 17.7 Å². The smallest absolute Gasteiger partial charge is 0.126 e. The molecule has 3 nitrogen and oxygen atoms in total. The van der Waals surface area contributed by atoms with E-state index in [1.165, 1.54) is 0 Å². The van der Waals surface area contributed by atoms with Gasteiger partial charge in [-0.05, 0) is 25.1 Å². The summed E-state index contributed by atoms with van der Waals surface area (Å²) in [5.41, 5.74) is 6.09. The molecule has 1 aromatic carbocycles. The predicted molar refractivity (Wildman–Crippen MR) is 56.6 cm³/mol. The van der Waals surface area contributed by atoms with Crippen LogP contribution in [0.2, 0.25) is 5.02 Å². The molecule has 4 heteroatoms. The van der Waals surface area contributed by atoms with Crippen molar-refractivity contribution in [2.75, 3.05) is 13.7 Å². The van der Waals surface area contributed by atoms with E-state index in [0.717, 1.165) is 5.56 Å². The van der Waals surface area contributed by atoms with Crippen molar-refractivity contribution in [2.24, 2.45) is 5.73 Å². The number of halogens is 1. The Balaban J connectivity index is 2.95. The molecular weight excluding hydrogens is 202 g/mol. The molecule has 0 aliphatic heterocycles. The standard InChI is InChI=1S/C10H14ClNO2/c1-14-10-6-7(11)2-3-8(10)9(13)4-5-12/h2-3,6,9,13H,4-5,12H2,1H3. The molecule has 0 aromatic heterocycles. The van der Waals surface area contributed by atoms with Crippen molar-refractivity contribution in [1.29, 1.82) is 0 Å². The van der Waals surface area contributed by atoms with Crippen LogP contribution in [-0.4, -0.2) is 18.8 Å². The van der Waals surface area contributed by atoms with Crippen molar-refractivity contribution in [2.45, 2.75) is 12.5 Å². The normalized spacial score (nSPS) is 12.6. The summed E-state index contributed by atoms with van der Waals surface area (Å²) in [5.74, 6) is 0.596. The van der Waals surface area contributed by atoms with E-state index in [4.69, 9.17) is 22.1 Å². The zero-order valence-corrected chi connectivity index (χ0v) is 8.79. The van der Waals surface area contributed by atoms with E-state index in [2.05, 4.69) is 0 Å². The molecule has 14 heavy (non-hydrogen) atoms. The minimum absolute atomic E-state index is 0.437. The van der Waals surface area contributed by atoms with Crippen LogP contribution in [0.5, 0.6) is 5.75 Å². The summed E-state index contributed by atoms with van der Waals surface area (Å²) in [6.45, 7) is 0.437. The number of nitrogens with two attached hydrogens (primary N) is 1. The molecule has 0 fully saturated rings. The van der Waals surface area contributed by atoms with E-state index >= 15 is 0 Å². The van der Waals surface area contributed by atoms with Crippen LogP contribution in [0.1, 0.15) is 18.1 Å². The second-order valence-corrected chi connectivity index (χ2v) is 3.42. The Labute approximate surface area is 88.4 Å². The molecule has 3 N–H and O–H groups in total. The lowest BCUT2D eigenvalue weighted by Crippen LogP contribution is -2.07. The van der Waals surface area contributed by atoms with Crippen molar-refractivity contribution in [3.8, 4) is 5.75 Å². The highest BCUT2D eigenvalue weighted by Gasteiger charge is 2.12. The van der Waals surface area contributed by atoms with Crippen LogP contribution in [0.4, 0.5) is 0 Å². The highest BCUT2D eigenvalue weighted by molar-refractivity contribution is 6.30. The van der Waals surface area contributed by atoms with E-state index in [-0.39, 0.29) is 0 Å². The topological polar surface area (TPSA) is 55.5 Å². The fourth-order valence-corrected chi connectivity index (χ4v) is 1.44. The van der Waals surface area contributed by atoms with Gasteiger partial charge in [-0.2, -0.15) is 0 Å². The molecule has 1 aromatic rings. The molecule has 1 atom stereocenters. The first kappa shape index (κ1) is 11.3. The van der Waals surface area contributed by atoms with Crippen LogP contribution in [0.25, 0.3) is 0 Å². The lowest BCUT2D eigenvalue weighted by molar-refractivity contribution is 0.166. The predicted octanol–water partition coefficient (Wildman–Crippen LogP) is 1.73. The van der Waals surface area contributed by atoms with Crippen molar-refractivity contribution in [3.05, 3.63) is 28.8 Å². The van der Waals surface area contributed by atoms with Gasteiger partial charge in [0.15, 0.2) is 0 Å². The second-order valence-electron chi connectivity index (χ2n) is 2.98. The summed E-state index contributed by atoms with van der Waals surface area (Å²) in [6, 6.07) is 5.15. The SMILES string of the molecule is COc1cc(Cl)ccc1C(O)CCN. The van der Waals surface area contributed by atoms with Gasteiger partial charge < -0.3 is 15.6 Å². The monoisotopic (exact) mass is 215 g/mol. The Morgan fingerprint density at radius 1 is 1.57 bits per heavy atom. The Hall–Kier alpha value is -0.770. The van der Waals surface area contributed by atoms with Gasteiger partial charge in [0.05, 0.1) is 13.2 Å². The molecular formula is C10H14ClNO2. The van der Waals surface area contributed by atoms with E-state index in [1.54, 1.807) is 25.3 Å². The van der Waals surface area contributed by atoms with Gasteiger partial charge in [0.2, 0.25) is 0 Å². The van der Waals surface area contributed by atoms with Crippen LogP contribution in [-0.2, 0) is 0 Å². The Morgan fingerprint density at radius 2 is 2.29 bits per heavy atom.